The molecule has 4 nitrogen and oxygen atoms in total. The van der Waals surface area contributed by atoms with Crippen molar-refractivity contribution in [3.63, 3.8) is 0 Å². The fourth-order valence-electron chi connectivity index (χ4n) is 3.15. The maximum absolute atomic E-state index is 9.90. The summed E-state index contributed by atoms with van der Waals surface area (Å²) >= 11 is 6.60. The number of piperazine rings is 1. The first-order valence-electron chi connectivity index (χ1n) is 7.89. The van der Waals surface area contributed by atoms with E-state index in [-0.39, 0.29) is 18.1 Å². The number of hydrogen-bond acceptors (Lipinski definition) is 4. The van der Waals surface area contributed by atoms with Crippen LogP contribution >= 0.6 is 11.6 Å². The Hall–Kier alpha value is -0.810. The molecule has 1 aromatic rings. The Kier molecular flexibility index (Phi) is 5.72. The van der Waals surface area contributed by atoms with E-state index in [9.17, 15) is 5.11 Å². The molecular weight excluding hydrogens is 298 g/mol. The van der Waals surface area contributed by atoms with Gasteiger partial charge in [-0.25, -0.2) is 0 Å². The molecule has 1 saturated heterocycles. The van der Waals surface area contributed by atoms with Crippen molar-refractivity contribution in [1.29, 1.82) is 0 Å². The Bertz CT molecular complexity index is 499. The van der Waals surface area contributed by atoms with Gasteiger partial charge in [0.2, 0.25) is 0 Å². The van der Waals surface area contributed by atoms with E-state index in [1.54, 1.807) is 0 Å². The molecule has 0 spiro atoms. The number of hydrogen-bond donors (Lipinski definition) is 2. The number of benzene rings is 1. The number of halogens is 1. The highest BCUT2D eigenvalue weighted by molar-refractivity contribution is 6.31. The summed E-state index contributed by atoms with van der Waals surface area (Å²) < 4.78 is 0. The van der Waals surface area contributed by atoms with Crippen LogP contribution in [-0.4, -0.2) is 56.9 Å². The zero-order valence-electron chi connectivity index (χ0n) is 14.1. The third-order valence-electron chi connectivity index (χ3n) is 4.46. The van der Waals surface area contributed by atoms with Gasteiger partial charge in [0.15, 0.2) is 0 Å². The molecule has 1 aliphatic rings. The van der Waals surface area contributed by atoms with Gasteiger partial charge in [-0.15, -0.1) is 0 Å². The Morgan fingerprint density at radius 2 is 1.95 bits per heavy atom. The van der Waals surface area contributed by atoms with Crippen LogP contribution in [0.15, 0.2) is 18.2 Å². The molecule has 0 amide bonds. The van der Waals surface area contributed by atoms with E-state index in [1.807, 2.05) is 25.1 Å². The third kappa shape index (κ3) is 3.74. The van der Waals surface area contributed by atoms with E-state index in [0.29, 0.717) is 0 Å². The smallest absolute Gasteiger partial charge is 0.0500 e. The summed E-state index contributed by atoms with van der Waals surface area (Å²) in [5, 5.41) is 14.1. The lowest BCUT2D eigenvalue weighted by Crippen LogP contribution is -2.49. The predicted octanol–water partition coefficient (Wildman–Crippen LogP) is 2.37. The molecule has 22 heavy (non-hydrogen) atoms. The van der Waals surface area contributed by atoms with Gasteiger partial charge in [-0.3, -0.25) is 4.90 Å². The Labute approximate surface area is 139 Å². The van der Waals surface area contributed by atoms with Gasteiger partial charge in [-0.2, -0.15) is 0 Å². The van der Waals surface area contributed by atoms with E-state index < -0.39 is 0 Å². The van der Waals surface area contributed by atoms with E-state index in [2.05, 4.69) is 36.2 Å². The molecule has 0 bridgehead atoms. The molecule has 2 N–H and O–H groups in total. The number of aliphatic hydroxyl groups is 1. The summed E-state index contributed by atoms with van der Waals surface area (Å²) in [5.74, 6) is 0. The SMILES string of the molecule is CN(C)c1ccc([C@H](N2CCNCC2)C(C)(C)CO)c(Cl)c1. The lowest BCUT2D eigenvalue weighted by molar-refractivity contribution is 0.0306. The van der Waals surface area contributed by atoms with Crippen LogP contribution in [0.1, 0.15) is 25.5 Å². The van der Waals surface area contributed by atoms with Gasteiger partial charge in [0.05, 0.1) is 0 Å². The molecule has 1 aromatic carbocycles. The van der Waals surface area contributed by atoms with E-state index in [0.717, 1.165) is 42.5 Å². The van der Waals surface area contributed by atoms with E-state index in [1.165, 1.54) is 0 Å². The summed E-state index contributed by atoms with van der Waals surface area (Å²) in [7, 11) is 4.02. The van der Waals surface area contributed by atoms with Gasteiger partial charge < -0.3 is 15.3 Å². The second-order valence-electron chi connectivity index (χ2n) is 6.94. The fourth-order valence-corrected chi connectivity index (χ4v) is 3.43. The summed E-state index contributed by atoms with van der Waals surface area (Å²) in [6, 6.07) is 6.34. The van der Waals surface area contributed by atoms with Crippen molar-refractivity contribution in [2.45, 2.75) is 19.9 Å². The third-order valence-corrected chi connectivity index (χ3v) is 4.79. The first kappa shape index (κ1) is 17.5. The van der Waals surface area contributed by atoms with Crippen molar-refractivity contribution in [3.05, 3.63) is 28.8 Å². The Morgan fingerprint density at radius 3 is 2.45 bits per heavy atom. The van der Waals surface area contributed by atoms with Crippen molar-refractivity contribution >= 4 is 17.3 Å². The monoisotopic (exact) mass is 325 g/mol. The molecule has 124 valence electrons. The molecule has 0 aliphatic carbocycles. The van der Waals surface area contributed by atoms with E-state index >= 15 is 0 Å². The van der Waals surface area contributed by atoms with Crippen LogP contribution in [0.4, 0.5) is 5.69 Å². The fraction of sp³-hybridized carbons (Fsp3) is 0.647. The minimum absolute atomic E-state index is 0.114. The molecule has 1 aliphatic heterocycles. The second kappa shape index (κ2) is 7.18. The normalized spacial score (nSPS) is 18.3. The number of nitrogens with one attached hydrogen (secondary N) is 1. The van der Waals surface area contributed by atoms with Crippen LogP contribution in [0, 0.1) is 5.41 Å². The van der Waals surface area contributed by atoms with Gasteiger partial charge in [0.25, 0.3) is 0 Å². The van der Waals surface area contributed by atoms with Crippen LogP contribution in [0.3, 0.4) is 0 Å². The molecule has 0 radical (unpaired) electrons. The Balaban J connectivity index is 2.40. The molecule has 2 rings (SSSR count). The topological polar surface area (TPSA) is 38.7 Å². The molecule has 0 unspecified atom stereocenters. The molecule has 1 fully saturated rings. The number of anilines is 1. The van der Waals surface area contributed by atoms with Crippen molar-refractivity contribution in [2.24, 2.45) is 5.41 Å². The maximum atomic E-state index is 9.90. The maximum Gasteiger partial charge on any atom is 0.0500 e. The van der Waals surface area contributed by atoms with Gasteiger partial charge in [0.1, 0.15) is 0 Å². The summed E-state index contributed by atoms with van der Waals surface area (Å²) in [4.78, 5) is 4.48. The molecule has 1 heterocycles. The zero-order chi connectivity index (χ0) is 16.3. The Morgan fingerprint density at radius 1 is 1.32 bits per heavy atom. The number of aliphatic hydroxyl groups excluding tert-OH is 1. The first-order valence-corrected chi connectivity index (χ1v) is 8.27. The molecule has 5 heteroatoms. The van der Waals surface area contributed by atoms with Crippen LogP contribution in [-0.2, 0) is 0 Å². The standard InChI is InChI=1S/C17H28ClN3O/c1-17(2,12-22)16(21-9-7-19-8-10-21)14-6-5-13(20(3)4)11-15(14)18/h5-6,11,16,19,22H,7-10,12H2,1-4H3/t16-/m0/s1. The van der Waals surface area contributed by atoms with Crippen LogP contribution in [0.5, 0.6) is 0 Å². The zero-order valence-corrected chi connectivity index (χ0v) is 14.8. The van der Waals surface area contributed by atoms with Crippen molar-refractivity contribution in [1.82, 2.24) is 10.2 Å². The minimum atomic E-state index is -0.249. The van der Waals surface area contributed by atoms with Crippen LogP contribution in [0.2, 0.25) is 5.02 Å². The van der Waals surface area contributed by atoms with Crippen LogP contribution < -0.4 is 10.2 Å². The van der Waals surface area contributed by atoms with Gasteiger partial charge in [0, 0.05) is 69.0 Å². The van der Waals surface area contributed by atoms with Crippen molar-refractivity contribution < 1.29 is 5.11 Å². The summed E-state index contributed by atoms with van der Waals surface area (Å²) in [6.45, 7) is 8.25. The lowest BCUT2D eigenvalue weighted by atomic mass is 9.79. The highest BCUT2D eigenvalue weighted by atomic mass is 35.5. The second-order valence-corrected chi connectivity index (χ2v) is 7.34. The van der Waals surface area contributed by atoms with E-state index in [4.69, 9.17) is 11.6 Å². The van der Waals surface area contributed by atoms with Gasteiger partial charge >= 0.3 is 0 Å². The highest BCUT2D eigenvalue weighted by Crippen LogP contribution is 2.41. The summed E-state index contributed by atoms with van der Waals surface area (Å²) in [5.41, 5.74) is 1.95. The quantitative estimate of drug-likeness (QED) is 0.872. The van der Waals surface area contributed by atoms with Crippen molar-refractivity contribution in [3.8, 4) is 0 Å². The predicted molar refractivity (Wildman–Crippen MR) is 93.8 cm³/mol. The minimum Gasteiger partial charge on any atom is -0.396 e. The molecular formula is C17H28ClN3O. The highest BCUT2D eigenvalue weighted by Gasteiger charge is 2.36. The average Bonchev–Trinajstić information content (AvgIpc) is 2.50. The molecule has 0 saturated carbocycles. The molecule has 1 atom stereocenters. The molecule has 0 aromatic heterocycles. The number of nitrogens with zero attached hydrogens (tertiary/aromatic N) is 2. The van der Waals surface area contributed by atoms with Crippen LogP contribution in [0.25, 0.3) is 0 Å². The number of rotatable bonds is 5. The van der Waals surface area contributed by atoms with Gasteiger partial charge in [-0.1, -0.05) is 31.5 Å². The first-order chi connectivity index (χ1) is 10.4. The largest absolute Gasteiger partial charge is 0.396 e. The average molecular weight is 326 g/mol. The van der Waals surface area contributed by atoms with Gasteiger partial charge in [-0.05, 0) is 17.7 Å². The summed E-state index contributed by atoms with van der Waals surface area (Å²) in [6.07, 6.45) is 0. The lowest BCUT2D eigenvalue weighted by Gasteiger charge is -2.44. The van der Waals surface area contributed by atoms with Crippen molar-refractivity contribution in [2.75, 3.05) is 51.8 Å².